The van der Waals surface area contributed by atoms with Gasteiger partial charge in [0.05, 0.1) is 17.0 Å². The number of hydrogen-bond acceptors (Lipinski definition) is 5. The Kier molecular flexibility index (Phi) is 3.73. The minimum atomic E-state index is -0.911. The van der Waals surface area contributed by atoms with Crippen LogP contribution in [0.5, 0.6) is 0 Å². The Bertz CT molecular complexity index is 575. The zero-order valence-corrected chi connectivity index (χ0v) is 11.1. The van der Waals surface area contributed by atoms with Gasteiger partial charge in [-0.3, -0.25) is 9.59 Å². The number of thiazole rings is 1. The van der Waals surface area contributed by atoms with Crippen LogP contribution in [-0.2, 0) is 16.0 Å². The molecule has 0 fully saturated rings. The first kappa shape index (κ1) is 12.7. The Morgan fingerprint density at radius 1 is 1.50 bits per heavy atom. The highest BCUT2D eigenvalue weighted by molar-refractivity contribution is 7.17. The van der Waals surface area contributed by atoms with E-state index in [1.807, 2.05) is 17.5 Å². The summed E-state index contributed by atoms with van der Waals surface area (Å²) in [5, 5.41) is 13.8. The molecule has 0 aromatic carbocycles. The number of carbonyl (C=O) groups is 2. The van der Waals surface area contributed by atoms with Crippen LogP contribution in [0, 0.1) is 0 Å². The fourth-order valence-electron chi connectivity index (χ4n) is 1.42. The number of carbonyl (C=O) groups excluding carboxylic acids is 1. The number of rotatable bonds is 4. The van der Waals surface area contributed by atoms with E-state index >= 15 is 0 Å². The molecule has 7 heteroatoms. The first-order chi connectivity index (χ1) is 8.56. The second kappa shape index (κ2) is 5.28. The standard InChI is InChI=1S/C11H10N2O3S2/c1-6(14)12-11-13-10(7-3-2-4-17-7)8(18-11)5-9(15)16/h2-4H,5H2,1H3,(H,15,16)(H,12,13,14). The third-order valence-corrected chi connectivity index (χ3v) is 3.89. The molecule has 0 saturated heterocycles. The second-order valence-electron chi connectivity index (χ2n) is 3.52. The highest BCUT2D eigenvalue weighted by atomic mass is 32.1. The third-order valence-electron chi connectivity index (χ3n) is 2.05. The summed E-state index contributed by atoms with van der Waals surface area (Å²) in [5.41, 5.74) is 0.640. The number of aromatic nitrogens is 1. The largest absolute Gasteiger partial charge is 0.481 e. The molecule has 94 valence electrons. The van der Waals surface area contributed by atoms with Crippen molar-refractivity contribution in [2.75, 3.05) is 5.32 Å². The summed E-state index contributed by atoms with van der Waals surface area (Å²) in [6.45, 7) is 1.39. The van der Waals surface area contributed by atoms with E-state index in [0.717, 1.165) is 4.88 Å². The van der Waals surface area contributed by atoms with Crippen LogP contribution >= 0.6 is 22.7 Å². The van der Waals surface area contributed by atoms with Gasteiger partial charge in [-0.15, -0.1) is 22.7 Å². The molecule has 0 bridgehead atoms. The summed E-state index contributed by atoms with van der Waals surface area (Å²) in [5.74, 6) is -1.13. The van der Waals surface area contributed by atoms with Crippen molar-refractivity contribution in [3.05, 3.63) is 22.4 Å². The summed E-state index contributed by atoms with van der Waals surface area (Å²) >= 11 is 2.69. The topological polar surface area (TPSA) is 79.3 Å². The van der Waals surface area contributed by atoms with Gasteiger partial charge in [0.2, 0.25) is 5.91 Å². The van der Waals surface area contributed by atoms with E-state index in [1.165, 1.54) is 29.6 Å². The van der Waals surface area contributed by atoms with Gasteiger partial charge in [-0.2, -0.15) is 0 Å². The molecule has 0 saturated carbocycles. The molecule has 0 aliphatic heterocycles. The predicted octanol–water partition coefficient (Wildman–Crippen LogP) is 2.46. The number of nitrogens with one attached hydrogen (secondary N) is 1. The summed E-state index contributed by atoms with van der Waals surface area (Å²) in [4.78, 5) is 27.6. The van der Waals surface area contributed by atoms with Gasteiger partial charge in [0.15, 0.2) is 5.13 Å². The molecule has 0 radical (unpaired) electrons. The summed E-state index contributed by atoms with van der Waals surface area (Å²) < 4.78 is 0. The molecule has 2 N–H and O–H groups in total. The maximum absolute atomic E-state index is 11.0. The molecule has 2 heterocycles. The van der Waals surface area contributed by atoms with Gasteiger partial charge < -0.3 is 10.4 Å². The van der Waals surface area contributed by atoms with Gasteiger partial charge in [-0.1, -0.05) is 6.07 Å². The van der Waals surface area contributed by atoms with E-state index in [0.29, 0.717) is 15.7 Å². The van der Waals surface area contributed by atoms with Gasteiger partial charge in [0.25, 0.3) is 0 Å². The number of hydrogen-bond donors (Lipinski definition) is 2. The smallest absolute Gasteiger partial charge is 0.308 e. The van der Waals surface area contributed by atoms with E-state index in [-0.39, 0.29) is 12.3 Å². The Balaban J connectivity index is 2.38. The average Bonchev–Trinajstić information content (AvgIpc) is 2.85. The van der Waals surface area contributed by atoms with Crippen molar-refractivity contribution in [3.63, 3.8) is 0 Å². The lowest BCUT2D eigenvalue weighted by Crippen LogP contribution is -2.04. The number of carboxylic acid groups (broad SMARTS) is 1. The molecule has 0 aliphatic carbocycles. The van der Waals surface area contributed by atoms with Crippen LogP contribution in [0.15, 0.2) is 17.5 Å². The van der Waals surface area contributed by atoms with E-state index in [4.69, 9.17) is 5.11 Å². The lowest BCUT2D eigenvalue weighted by Gasteiger charge is -1.95. The number of carboxylic acids is 1. The van der Waals surface area contributed by atoms with E-state index in [2.05, 4.69) is 10.3 Å². The van der Waals surface area contributed by atoms with Gasteiger partial charge >= 0.3 is 5.97 Å². The van der Waals surface area contributed by atoms with Crippen molar-refractivity contribution in [1.29, 1.82) is 0 Å². The fraction of sp³-hybridized carbons (Fsp3) is 0.182. The van der Waals surface area contributed by atoms with Gasteiger partial charge in [0, 0.05) is 11.8 Å². The van der Waals surface area contributed by atoms with Crippen LogP contribution in [-0.4, -0.2) is 22.0 Å². The predicted molar refractivity (Wildman–Crippen MR) is 71.1 cm³/mol. The zero-order chi connectivity index (χ0) is 13.1. The first-order valence-electron chi connectivity index (χ1n) is 5.09. The van der Waals surface area contributed by atoms with Crippen LogP contribution in [0.2, 0.25) is 0 Å². The molecular weight excluding hydrogens is 272 g/mol. The molecule has 0 atom stereocenters. The fourth-order valence-corrected chi connectivity index (χ4v) is 3.24. The molecule has 0 unspecified atom stereocenters. The van der Waals surface area contributed by atoms with Crippen molar-refractivity contribution in [3.8, 4) is 10.6 Å². The van der Waals surface area contributed by atoms with Crippen molar-refractivity contribution >= 4 is 39.7 Å². The SMILES string of the molecule is CC(=O)Nc1nc(-c2cccs2)c(CC(=O)O)s1. The third kappa shape index (κ3) is 2.93. The number of aliphatic carboxylic acids is 1. The monoisotopic (exact) mass is 282 g/mol. The molecule has 2 rings (SSSR count). The van der Waals surface area contributed by atoms with Crippen LogP contribution in [0.4, 0.5) is 5.13 Å². The molecule has 5 nitrogen and oxygen atoms in total. The van der Waals surface area contributed by atoms with Crippen LogP contribution < -0.4 is 5.32 Å². The maximum atomic E-state index is 11.0. The number of thiophene rings is 1. The molecule has 0 spiro atoms. The average molecular weight is 282 g/mol. The highest BCUT2D eigenvalue weighted by Gasteiger charge is 2.16. The molecule has 18 heavy (non-hydrogen) atoms. The summed E-state index contributed by atoms with van der Waals surface area (Å²) in [6, 6.07) is 3.75. The Morgan fingerprint density at radius 3 is 2.83 bits per heavy atom. The lowest BCUT2D eigenvalue weighted by molar-refractivity contribution is -0.136. The van der Waals surface area contributed by atoms with Crippen molar-refractivity contribution in [1.82, 2.24) is 4.98 Å². The Morgan fingerprint density at radius 2 is 2.28 bits per heavy atom. The zero-order valence-electron chi connectivity index (χ0n) is 9.47. The van der Waals surface area contributed by atoms with E-state index < -0.39 is 5.97 Å². The van der Waals surface area contributed by atoms with Crippen LogP contribution in [0.25, 0.3) is 10.6 Å². The van der Waals surface area contributed by atoms with Gasteiger partial charge in [-0.25, -0.2) is 4.98 Å². The molecule has 2 aromatic rings. The number of nitrogens with zero attached hydrogens (tertiary/aromatic N) is 1. The lowest BCUT2D eigenvalue weighted by atomic mass is 10.2. The van der Waals surface area contributed by atoms with Crippen molar-refractivity contribution in [2.45, 2.75) is 13.3 Å². The summed E-state index contributed by atoms with van der Waals surface area (Å²) in [6.07, 6.45) is -0.0928. The molecule has 1 amide bonds. The molecule has 2 aromatic heterocycles. The number of anilines is 1. The van der Waals surface area contributed by atoms with E-state index in [9.17, 15) is 9.59 Å². The van der Waals surface area contributed by atoms with Gasteiger partial charge in [-0.05, 0) is 11.4 Å². The van der Waals surface area contributed by atoms with E-state index in [1.54, 1.807) is 0 Å². The normalized spacial score (nSPS) is 10.3. The van der Waals surface area contributed by atoms with Crippen molar-refractivity contribution in [2.24, 2.45) is 0 Å². The first-order valence-corrected chi connectivity index (χ1v) is 6.79. The minimum absolute atomic E-state index is 0.0928. The molecule has 0 aliphatic rings. The molecular formula is C11H10N2O3S2. The quantitative estimate of drug-likeness (QED) is 0.902. The van der Waals surface area contributed by atoms with Crippen LogP contribution in [0.3, 0.4) is 0 Å². The van der Waals surface area contributed by atoms with Crippen molar-refractivity contribution < 1.29 is 14.7 Å². The Hall–Kier alpha value is -1.73. The Labute approximate surface area is 111 Å². The second-order valence-corrected chi connectivity index (χ2v) is 5.55. The maximum Gasteiger partial charge on any atom is 0.308 e. The minimum Gasteiger partial charge on any atom is -0.481 e. The number of amides is 1. The van der Waals surface area contributed by atoms with Crippen LogP contribution in [0.1, 0.15) is 11.8 Å². The highest BCUT2D eigenvalue weighted by Crippen LogP contribution is 2.34. The van der Waals surface area contributed by atoms with Gasteiger partial charge in [0.1, 0.15) is 0 Å². The summed E-state index contributed by atoms with van der Waals surface area (Å²) in [7, 11) is 0.